The number of hydrogen-bond acceptors (Lipinski definition) is 2. The molecule has 1 aliphatic heterocycles. The Kier molecular flexibility index (Phi) is 3.47. The van der Waals surface area contributed by atoms with E-state index in [9.17, 15) is 0 Å². The van der Waals surface area contributed by atoms with Gasteiger partial charge in [-0.05, 0) is 25.3 Å². The Morgan fingerprint density at radius 1 is 1.60 bits per heavy atom. The molecule has 1 atom stereocenters. The monoisotopic (exact) mass is 141 g/mol. The van der Waals surface area contributed by atoms with E-state index in [1.54, 1.807) is 0 Å². The van der Waals surface area contributed by atoms with Crippen molar-refractivity contribution in [3.05, 3.63) is 12.2 Å². The molecule has 0 spiro atoms. The van der Waals surface area contributed by atoms with Gasteiger partial charge in [0.1, 0.15) is 0 Å². The van der Waals surface area contributed by atoms with Crippen LogP contribution >= 0.6 is 0 Å². The van der Waals surface area contributed by atoms with Gasteiger partial charge in [-0.3, -0.25) is 0 Å². The van der Waals surface area contributed by atoms with Crippen LogP contribution in [0.25, 0.3) is 0 Å². The molecular weight excluding hydrogens is 126 g/mol. The molecule has 1 rings (SSSR count). The molecule has 0 radical (unpaired) electrons. The van der Waals surface area contributed by atoms with Crippen LogP contribution in [0, 0.1) is 5.92 Å². The SMILES string of the molecule is OC/C=C/C1CCCNC1. The normalized spacial score (nSPS) is 27.5. The lowest BCUT2D eigenvalue weighted by Crippen LogP contribution is -2.28. The van der Waals surface area contributed by atoms with Crippen LogP contribution in [0.3, 0.4) is 0 Å². The molecule has 1 heterocycles. The van der Waals surface area contributed by atoms with Gasteiger partial charge in [0.15, 0.2) is 0 Å². The third kappa shape index (κ3) is 2.50. The minimum atomic E-state index is 0.177. The van der Waals surface area contributed by atoms with Crippen LogP contribution in [-0.2, 0) is 0 Å². The van der Waals surface area contributed by atoms with Crippen molar-refractivity contribution in [2.75, 3.05) is 19.7 Å². The van der Waals surface area contributed by atoms with Gasteiger partial charge in [-0.2, -0.15) is 0 Å². The number of nitrogens with one attached hydrogen (secondary N) is 1. The van der Waals surface area contributed by atoms with Gasteiger partial charge in [0, 0.05) is 6.54 Å². The highest BCUT2D eigenvalue weighted by Crippen LogP contribution is 2.10. The van der Waals surface area contributed by atoms with E-state index in [1.807, 2.05) is 6.08 Å². The molecule has 0 aromatic rings. The fourth-order valence-electron chi connectivity index (χ4n) is 1.30. The van der Waals surface area contributed by atoms with Crippen molar-refractivity contribution in [1.29, 1.82) is 0 Å². The van der Waals surface area contributed by atoms with Crippen LogP contribution < -0.4 is 5.32 Å². The molecular formula is C8H15NO. The van der Waals surface area contributed by atoms with E-state index >= 15 is 0 Å². The first kappa shape index (κ1) is 7.76. The van der Waals surface area contributed by atoms with Gasteiger partial charge < -0.3 is 10.4 Å². The molecule has 1 saturated heterocycles. The molecule has 0 aromatic carbocycles. The van der Waals surface area contributed by atoms with Crippen molar-refractivity contribution in [2.24, 2.45) is 5.92 Å². The van der Waals surface area contributed by atoms with E-state index in [0.717, 1.165) is 13.1 Å². The molecule has 0 aliphatic carbocycles. The maximum Gasteiger partial charge on any atom is 0.0612 e. The average molecular weight is 141 g/mol. The molecule has 10 heavy (non-hydrogen) atoms. The second-order valence-electron chi connectivity index (χ2n) is 2.72. The lowest BCUT2D eigenvalue weighted by molar-refractivity contribution is 0.340. The first-order chi connectivity index (χ1) is 4.93. The van der Waals surface area contributed by atoms with Crippen LogP contribution in [0.4, 0.5) is 0 Å². The zero-order valence-electron chi connectivity index (χ0n) is 6.21. The van der Waals surface area contributed by atoms with E-state index in [-0.39, 0.29) is 6.61 Å². The standard InChI is InChI=1S/C8H15NO/c10-6-2-4-8-3-1-5-9-7-8/h2,4,8-10H,1,3,5-7H2/b4-2+. The average Bonchev–Trinajstić information content (AvgIpc) is 2.03. The van der Waals surface area contributed by atoms with Crippen LogP contribution in [0.5, 0.6) is 0 Å². The number of hydrogen-bond donors (Lipinski definition) is 2. The fourth-order valence-corrected chi connectivity index (χ4v) is 1.30. The summed E-state index contributed by atoms with van der Waals surface area (Å²) in [7, 11) is 0. The number of aliphatic hydroxyl groups is 1. The van der Waals surface area contributed by atoms with E-state index in [4.69, 9.17) is 5.11 Å². The quantitative estimate of drug-likeness (QED) is 0.550. The molecule has 58 valence electrons. The molecule has 0 aromatic heterocycles. The van der Waals surface area contributed by atoms with E-state index in [2.05, 4.69) is 11.4 Å². The van der Waals surface area contributed by atoms with Crippen LogP contribution in [0.2, 0.25) is 0 Å². The van der Waals surface area contributed by atoms with Crippen molar-refractivity contribution in [2.45, 2.75) is 12.8 Å². The van der Waals surface area contributed by atoms with Crippen LogP contribution in [0.15, 0.2) is 12.2 Å². The largest absolute Gasteiger partial charge is 0.392 e. The highest BCUT2D eigenvalue weighted by Gasteiger charge is 2.07. The first-order valence-electron chi connectivity index (χ1n) is 3.91. The number of piperidine rings is 1. The zero-order valence-corrected chi connectivity index (χ0v) is 6.21. The Hall–Kier alpha value is -0.340. The maximum atomic E-state index is 8.49. The molecule has 0 bridgehead atoms. The lowest BCUT2D eigenvalue weighted by Gasteiger charge is -2.19. The molecule has 2 heteroatoms. The predicted molar refractivity (Wildman–Crippen MR) is 41.8 cm³/mol. The molecule has 0 amide bonds. The summed E-state index contributed by atoms with van der Waals surface area (Å²) < 4.78 is 0. The van der Waals surface area contributed by atoms with Gasteiger partial charge in [-0.25, -0.2) is 0 Å². The Balaban J connectivity index is 2.19. The topological polar surface area (TPSA) is 32.3 Å². The minimum absolute atomic E-state index is 0.177. The van der Waals surface area contributed by atoms with Crippen molar-refractivity contribution >= 4 is 0 Å². The molecule has 1 fully saturated rings. The van der Waals surface area contributed by atoms with Gasteiger partial charge in [0.2, 0.25) is 0 Å². The van der Waals surface area contributed by atoms with Gasteiger partial charge in [0.05, 0.1) is 6.61 Å². The van der Waals surface area contributed by atoms with Crippen molar-refractivity contribution in [3.8, 4) is 0 Å². The predicted octanol–water partition coefficient (Wildman–Crippen LogP) is 0.534. The third-order valence-corrected chi connectivity index (χ3v) is 1.85. The summed E-state index contributed by atoms with van der Waals surface area (Å²) in [4.78, 5) is 0. The summed E-state index contributed by atoms with van der Waals surface area (Å²) in [5.41, 5.74) is 0. The van der Waals surface area contributed by atoms with E-state index in [1.165, 1.54) is 12.8 Å². The molecule has 1 aliphatic rings. The van der Waals surface area contributed by atoms with Crippen molar-refractivity contribution in [3.63, 3.8) is 0 Å². The highest BCUT2D eigenvalue weighted by atomic mass is 16.2. The summed E-state index contributed by atoms with van der Waals surface area (Å²) >= 11 is 0. The summed E-state index contributed by atoms with van der Waals surface area (Å²) in [6.07, 6.45) is 6.47. The Bertz CT molecular complexity index is 106. The lowest BCUT2D eigenvalue weighted by atomic mass is 9.99. The second-order valence-corrected chi connectivity index (χ2v) is 2.72. The van der Waals surface area contributed by atoms with E-state index < -0.39 is 0 Å². The van der Waals surface area contributed by atoms with E-state index in [0.29, 0.717) is 5.92 Å². The van der Waals surface area contributed by atoms with Crippen LogP contribution in [0.1, 0.15) is 12.8 Å². The second kappa shape index (κ2) is 4.47. The molecule has 2 N–H and O–H groups in total. The molecule has 2 nitrogen and oxygen atoms in total. The van der Waals surface area contributed by atoms with Gasteiger partial charge in [0.25, 0.3) is 0 Å². The van der Waals surface area contributed by atoms with Gasteiger partial charge >= 0.3 is 0 Å². The summed E-state index contributed by atoms with van der Waals surface area (Å²) in [5.74, 6) is 0.654. The van der Waals surface area contributed by atoms with Gasteiger partial charge in [-0.1, -0.05) is 12.2 Å². The summed E-state index contributed by atoms with van der Waals surface area (Å²) in [6.45, 7) is 2.41. The van der Waals surface area contributed by atoms with Gasteiger partial charge in [-0.15, -0.1) is 0 Å². The Morgan fingerprint density at radius 3 is 3.10 bits per heavy atom. The fraction of sp³-hybridized carbons (Fsp3) is 0.750. The van der Waals surface area contributed by atoms with Crippen LogP contribution in [-0.4, -0.2) is 24.8 Å². The first-order valence-corrected chi connectivity index (χ1v) is 3.91. The maximum absolute atomic E-state index is 8.49. The Morgan fingerprint density at radius 2 is 2.50 bits per heavy atom. The third-order valence-electron chi connectivity index (χ3n) is 1.85. The number of aliphatic hydroxyl groups excluding tert-OH is 1. The van der Waals surface area contributed by atoms with Crippen molar-refractivity contribution < 1.29 is 5.11 Å². The Labute approximate surface area is 61.9 Å². The summed E-state index contributed by atoms with van der Waals surface area (Å²) in [5, 5.41) is 11.8. The molecule has 0 saturated carbocycles. The smallest absolute Gasteiger partial charge is 0.0612 e. The van der Waals surface area contributed by atoms with Crippen molar-refractivity contribution in [1.82, 2.24) is 5.32 Å². The highest BCUT2D eigenvalue weighted by molar-refractivity contribution is 4.90. The summed E-state index contributed by atoms with van der Waals surface area (Å²) in [6, 6.07) is 0. The molecule has 1 unspecified atom stereocenters. The minimum Gasteiger partial charge on any atom is -0.392 e. The zero-order chi connectivity index (χ0) is 7.23. The number of rotatable bonds is 2.